The molecular formula is C59H107N5O13. The maximum Gasteiger partial charge on any atom is 0.317 e. The van der Waals surface area contributed by atoms with Gasteiger partial charge in [-0.2, -0.15) is 0 Å². The molecule has 1 unspecified atom stereocenters. The third-order valence-electron chi connectivity index (χ3n) is 13.5. The third-order valence-corrected chi connectivity index (χ3v) is 13.5. The van der Waals surface area contributed by atoms with E-state index in [9.17, 15) is 43.8 Å². The number of likely N-dealkylation sites (N-methyl/N-ethyl adjacent to an activating group) is 2. The van der Waals surface area contributed by atoms with Crippen molar-refractivity contribution < 1.29 is 63.5 Å². The zero-order chi connectivity index (χ0) is 57.2. The Morgan fingerprint density at radius 1 is 0.403 bits per heavy atom. The highest BCUT2D eigenvalue weighted by molar-refractivity contribution is 5.79. The van der Waals surface area contributed by atoms with Crippen molar-refractivity contribution in [2.45, 2.75) is 213 Å². The van der Waals surface area contributed by atoms with Crippen molar-refractivity contribution in [2.24, 2.45) is 0 Å². The third kappa shape index (κ3) is 49.6. The second-order valence-electron chi connectivity index (χ2n) is 21.0. The van der Waals surface area contributed by atoms with E-state index in [2.05, 4.69) is 43.1 Å². The van der Waals surface area contributed by atoms with Gasteiger partial charge in [0.15, 0.2) is 0 Å². The van der Waals surface area contributed by atoms with Crippen LogP contribution in [0, 0.1) is 0 Å². The molecule has 0 spiro atoms. The molecule has 0 fully saturated rings. The second kappa shape index (κ2) is 51.1. The summed E-state index contributed by atoms with van der Waals surface area (Å²) in [5, 5.41) is 37.2. The molecule has 77 heavy (non-hydrogen) atoms. The second-order valence-corrected chi connectivity index (χ2v) is 21.0. The largest absolute Gasteiger partial charge is 0.480 e. The number of carbonyl (C=O) groups excluding carboxylic acids is 3. The summed E-state index contributed by atoms with van der Waals surface area (Å²) < 4.78 is 11.6. The van der Waals surface area contributed by atoms with Crippen LogP contribution < -0.4 is 0 Å². The Hall–Kier alpha value is -4.39. The van der Waals surface area contributed by atoms with Gasteiger partial charge in [0.2, 0.25) is 5.91 Å². The number of unbranched alkanes of at least 4 members (excludes halogenated alkanes) is 23. The quantitative estimate of drug-likeness (QED) is 0.0252. The first kappa shape index (κ1) is 72.6. The summed E-state index contributed by atoms with van der Waals surface area (Å²) in [6.07, 6.45) is 40.2. The molecule has 0 rings (SSSR count). The van der Waals surface area contributed by atoms with Gasteiger partial charge in [-0.25, -0.2) is 0 Å². The van der Waals surface area contributed by atoms with E-state index >= 15 is 0 Å². The average molecular weight is 1090 g/mol. The first-order valence-electron chi connectivity index (χ1n) is 29.7. The molecular weight excluding hydrogens is 987 g/mol. The number of rotatable bonds is 56. The molecule has 0 aliphatic carbocycles. The Bertz CT molecular complexity index is 1600. The van der Waals surface area contributed by atoms with E-state index in [-0.39, 0.29) is 57.2 Å². The highest BCUT2D eigenvalue weighted by atomic mass is 16.6. The molecule has 0 bridgehead atoms. The van der Waals surface area contributed by atoms with Gasteiger partial charge in [0.1, 0.15) is 12.7 Å². The minimum atomic E-state index is -1.23. The summed E-state index contributed by atoms with van der Waals surface area (Å²) in [5.74, 6) is -5.56. The van der Waals surface area contributed by atoms with E-state index in [1.807, 2.05) is 7.05 Å². The van der Waals surface area contributed by atoms with Gasteiger partial charge in [0.25, 0.3) is 0 Å². The van der Waals surface area contributed by atoms with Crippen molar-refractivity contribution in [2.75, 3.05) is 99.2 Å². The molecule has 0 aliphatic rings. The summed E-state index contributed by atoms with van der Waals surface area (Å²) in [4.78, 5) is 92.2. The number of amides is 1. The van der Waals surface area contributed by atoms with Gasteiger partial charge in [-0.05, 0) is 90.6 Å². The number of hydrogen-bond acceptors (Lipinski definition) is 13. The number of aliphatic carboxylic acids is 4. The minimum absolute atomic E-state index is 0.0194. The van der Waals surface area contributed by atoms with Crippen LogP contribution in [0.1, 0.15) is 206 Å². The van der Waals surface area contributed by atoms with Crippen LogP contribution in [0.25, 0.3) is 0 Å². The lowest BCUT2D eigenvalue weighted by Crippen LogP contribution is -2.46. The predicted octanol–water partition coefficient (Wildman–Crippen LogP) is 9.93. The minimum Gasteiger partial charge on any atom is -0.480 e. The van der Waals surface area contributed by atoms with Crippen molar-refractivity contribution in [1.82, 2.24) is 24.5 Å². The van der Waals surface area contributed by atoms with Gasteiger partial charge in [0, 0.05) is 59.2 Å². The van der Waals surface area contributed by atoms with E-state index < -0.39 is 56.2 Å². The Labute approximate surface area is 464 Å². The molecule has 4 N–H and O–H groups in total. The fraction of sp³-hybridized carbons (Fsp3) is 0.814. The lowest BCUT2D eigenvalue weighted by atomic mass is 10.1. The molecule has 0 aromatic heterocycles. The van der Waals surface area contributed by atoms with Crippen LogP contribution in [-0.2, 0) is 43.0 Å². The number of carboxylic acids is 4. The van der Waals surface area contributed by atoms with Crippen molar-refractivity contribution in [3.63, 3.8) is 0 Å². The molecule has 1 atom stereocenters. The van der Waals surface area contributed by atoms with E-state index in [1.54, 1.807) is 11.9 Å². The van der Waals surface area contributed by atoms with Gasteiger partial charge < -0.3 is 39.7 Å². The number of esters is 2. The predicted molar refractivity (Wildman–Crippen MR) is 304 cm³/mol. The molecule has 18 nitrogen and oxygen atoms in total. The smallest absolute Gasteiger partial charge is 0.317 e. The van der Waals surface area contributed by atoms with E-state index in [1.165, 1.54) is 86.8 Å². The van der Waals surface area contributed by atoms with Crippen molar-refractivity contribution >= 4 is 41.7 Å². The van der Waals surface area contributed by atoms with E-state index in [4.69, 9.17) is 19.7 Å². The first-order valence-corrected chi connectivity index (χ1v) is 29.7. The number of nitrogens with zero attached hydrogens (tertiary/aromatic N) is 5. The molecule has 0 aromatic carbocycles. The van der Waals surface area contributed by atoms with Crippen molar-refractivity contribution in [3.05, 3.63) is 24.3 Å². The summed E-state index contributed by atoms with van der Waals surface area (Å²) in [6.45, 7) is 4.15. The molecule has 0 saturated heterocycles. The summed E-state index contributed by atoms with van der Waals surface area (Å²) in [7, 11) is 3.66. The van der Waals surface area contributed by atoms with Crippen LogP contribution in [0.2, 0.25) is 0 Å². The van der Waals surface area contributed by atoms with Crippen LogP contribution >= 0.6 is 0 Å². The van der Waals surface area contributed by atoms with Crippen molar-refractivity contribution in [3.8, 4) is 0 Å². The molecule has 1 amide bonds. The fourth-order valence-electron chi connectivity index (χ4n) is 8.94. The zero-order valence-corrected chi connectivity index (χ0v) is 48.5. The number of allylic oxidation sites excluding steroid dienone is 4. The Morgan fingerprint density at radius 2 is 0.753 bits per heavy atom. The summed E-state index contributed by atoms with van der Waals surface area (Å²) in [6, 6.07) is 0. The lowest BCUT2D eigenvalue weighted by molar-refractivity contribution is -0.160. The number of ether oxygens (including phenoxy) is 2. The van der Waals surface area contributed by atoms with Crippen LogP contribution in [-0.4, -0.2) is 192 Å². The fourth-order valence-corrected chi connectivity index (χ4v) is 8.94. The van der Waals surface area contributed by atoms with Gasteiger partial charge in [-0.1, -0.05) is 141 Å². The Kier molecular flexibility index (Phi) is 48.2. The van der Waals surface area contributed by atoms with Gasteiger partial charge in [0.05, 0.1) is 32.7 Å². The van der Waals surface area contributed by atoms with Gasteiger partial charge in [-0.3, -0.25) is 48.3 Å². The van der Waals surface area contributed by atoms with Crippen LogP contribution in [0.5, 0.6) is 0 Å². The molecule has 446 valence electrons. The zero-order valence-electron chi connectivity index (χ0n) is 48.5. The summed E-state index contributed by atoms with van der Waals surface area (Å²) in [5.41, 5.74) is 0. The topological polar surface area (TPSA) is 235 Å². The molecule has 0 aromatic rings. The summed E-state index contributed by atoms with van der Waals surface area (Å²) >= 11 is 0. The lowest BCUT2D eigenvalue weighted by Gasteiger charge is -2.28. The molecule has 0 radical (unpaired) electrons. The van der Waals surface area contributed by atoms with E-state index in [0.29, 0.717) is 25.9 Å². The van der Waals surface area contributed by atoms with Crippen LogP contribution in [0.15, 0.2) is 24.3 Å². The Balaban J connectivity index is 4.89. The van der Waals surface area contributed by atoms with Gasteiger partial charge in [-0.15, -0.1) is 0 Å². The Morgan fingerprint density at radius 3 is 1.19 bits per heavy atom. The van der Waals surface area contributed by atoms with Gasteiger partial charge >= 0.3 is 35.8 Å². The SMILES string of the molecule is CCCCCC/C=C/CCCCCCCC(=O)OCC(CN(C)CCCCCCCCN(C)C(=O)CN(CCN(CCN(CC(=O)O)CC(=O)O)CC(=O)O)CC(=O)O)OC(=O)CCCCCCC/C=C/CCCCCC. The molecule has 18 heteroatoms. The molecule has 0 saturated carbocycles. The monoisotopic (exact) mass is 1090 g/mol. The molecule has 0 heterocycles. The van der Waals surface area contributed by atoms with E-state index in [0.717, 1.165) is 114 Å². The highest BCUT2D eigenvalue weighted by Crippen LogP contribution is 2.14. The number of carboxylic acid groups (broad SMARTS) is 4. The van der Waals surface area contributed by atoms with Crippen LogP contribution in [0.4, 0.5) is 0 Å². The normalized spacial score (nSPS) is 12.2. The molecule has 0 aliphatic heterocycles. The maximum atomic E-state index is 13.1. The van der Waals surface area contributed by atoms with Crippen LogP contribution in [0.3, 0.4) is 0 Å². The first-order chi connectivity index (χ1) is 37.1. The standard InChI is InChI=1S/C59H107N5O13/c1-5-7-9-11-13-15-17-19-21-23-25-29-33-37-58(74)76-51-52(77-59(75)38-34-30-26-24-22-20-18-16-14-12-10-8-6-2)45-60(3)39-35-31-27-28-32-36-40-61(4)53(65)46-63(48-55(68)69)43-41-62(47-54(66)67)42-44-64(49-56(70)71)50-57(72)73/h15-18,52H,5-14,19-51H2,1-4H3,(H,66,67)(H,68,69)(H,70,71)(H,72,73)/b17-15+,18-16+. The number of carbonyl (C=O) groups is 7. The maximum absolute atomic E-state index is 13.1. The number of hydrogen-bond donors (Lipinski definition) is 4. The van der Waals surface area contributed by atoms with Crippen molar-refractivity contribution in [1.29, 1.82) is 0 Å². The highest BCUT2D eigenvalue weighted by Gasteiger charge is 2.22. The average Bonchev–Trinajstić information content (AvgIpc) is 3.36.